The summed E-state index contributed by atoms with van der Waals surface area (Å²) in [6.45, 7) is 3.82. The summed E-state index contributed by atoms with van der Waals surface area (Å²) in [5, 5.41) is 9.83. The molecular formula is C27H34N2O3. The molecule has 2 aliphatic rings. The highest BCUT2D eigenvalue weighted by Crippen LogP contribution is 2.32. The van der Waals surface area contributed by atoms with Crippen molar-refractivity contribution in [2.45, 2.75) is 57.0 Å². The minimum absolute atomic E-state index is 0.0246. The predicted octanol–water partition coefficient (Wildman–Crippen LogP) is 4.58. The van der Waals surface area contributed by atoms with Gasteiger partial charge in [-0.1, -0.05) is 73.9 Å². The van der Waals surface area contributed by atoms with Crippen molar-refractivity contribution >= 4 is 11.8 Å². The second-order valence-corrected chi connectivity index (χ2v) is 9.24. The molecule has 0 aromatic heterocycles. The van der Waals surface area contributed by atoms with E-state index in [1.165, 1.54) is 43.2 Å². The second kappa shape index (κ2) is 10.9. The molecule has 1 aliphatic heterocycles. The second-order valence-electron chi connectivity index (χ2n) is 9.24. The largest absolute Gasteiger partial charge is 0.480 e. The Morgan fingerprint density at radius 2 is 1.53 bits per heavy atom. The van der Waals surface area contributed by atoms with E-state index in [1.54, 1.807) is 0 Å². The molecule has 1 N–H and O–H groups in total. The Hall–Kier alpha value is -2.50. The summed E-state index contributed by atoms with van der Waals surface area (Å²) >= 11 is 0. The average molecular weight is 435 g/mol. The van der Waals surface area contributed by atoms with E-state index in [4.69, 9.17) is 0 Å². The lowest BCUT2D eigenvalue weighted by molar-refractivity contribution is -0.144. The summed E-state index contributed by atoms with van der Waals surface area (Å²) in [6.07, 6.45) is 6.37. The lowest BCUT2D eigenvalue weighted by Crippen LogP contribution is -2.52. The van der Waals surface area contributed by atoms with Crippen molar-refractivity contribution in [2.24, 2.45) is 0 Å². The number of ketones is 1. The molecule has 1 heterocycles. The van der Waals surface area contributed by atoms with E-state index in [2.05, 4.69) is 29.2 Å². The lowest BCUT2D eigenvalue weighted by atomic mass is 9.84. The van der Waals surface area contributed by atoms with E-state index in [0.29, 0.717) is 24.6 Å². The molecule has 0 bridgehead atoms. The van der Waals surface area contributed by atoms with E-state index in [-0.39, 0.29) is 12.2 Å². The number of carbonyl (C=O) groups is 2. The minimum atomic E-state index is -0.909. The molecule has 0 amide bonds. The van der Waals surface area contributed by atoms with Crippen LogP contribution in [0.25, 0.3) is 0 Å². The minimum Gasteiger partial charge on any atom is -0.480 e. The number of rotatable bonds is 8. The van der Waals surface area contributed by atoms with Crippen LogP contribution in [-0.2, 0) is 11.3 Å². The maximum Gasteiger partial charge on any atom is 0.321 e. The van der Waals surface area contributed by atoms with Gasteiger partial charge >= 0.3 is 5.97 Å². The van der Waals surface area contributed by atoms with Gasteiger partial charge in [0, 0.05) is 44.7 Å². The fourth-order valence-corrected chi connectivity index (χ4v) is 5.12. The fraction of sp³-hybridized carbons (Fsp3) is 0.481. The SMILES string of the molecule is O=C(C[C@H](C(=O)O)N1CCN(Cc2ccccc2)CC1)c1ccc(C2CCCCC2)cc1. The van der Waals surface area contributed by atoms with Crippen LogP contribution < -0.4 is 0 Å². The van der Waals surface area contributed by atoms with Gasteiger partial charge < -0.3 is 5.11 Å². The van der Waals surface area contributed by atoms with E-state index in [0.717, 1.165) is 19.6 Å². The summed E-state index contributed by atoms with van der Waals surface area (Å²) in [5.41, 5.74) is 3.20. The van der Waals surface area contributed by atoms with Crippen LogP contribution in [-0.4, -0.2) is 58.9 Å². The third-order valence-corrected chi connectivity index (χ3v) is 7.07. The smallest absolute Gasteiger partial charge is 0.321 e. The Balaban J connectivity index is 1.32. The van der Waals surface area contributed by atoms with Crippen molar-refractivity contribution in [3.63, 3.8) is 0 Å². The van der Waals surface area contributed by atoms with Crippen LogP contribution >= 0.6 is 0 Å². The van der Waals surface area contributed by atoms with Gasteiger partial charge in [-0.2, -0.15) is 0 Å². The normalized spacial score (nSPS) is 19.5. The number of benzene rings is 2. The van der Waals surface area contributed by atoms with Crippen LogP contribution in [0.15, 0.2) is 54.6 Å². The van der Waals surface area contributed by atoms with Crippen LogP contribution in [0.2, 0.25) is 0 Å². The summed E-state index contributed by atoms with van der Waals surface area (Å²) in [5.74, 6) is -0.389. The molecule has 5 nitrogen and oxygen atoms in total. The molecule has 2 fully saturated rings. The third-order valence-electron chi connectivity index (χ3n) is 7.07. The van der Waals surface area contributed by atoms with Gasteiger partial charge in [0.05, 0.1) is 0 Å². The van der Waals surface area contributed by atoms with Crippen molar-refractivity contribution in [3.05, 3.63) is 71.3 Å². The summed E-state index contributed by atoms with van der Waals surface area (Å²) in [6, 6.07) is 17.5. The number of hydrogen-bond donors (Lipinski definition) is 1. The number of nitrogens with zero attached hydrogens (tertiary/aromatic N) is 2. The Morgan fingerprint density at radius 1 is 0.875 bits per heavy atom. The van der Waals surface area contributed by atoms with Crippen LogP contribution in [0.3, 0.4) is 0 Å². The fourth-order valence-electron chi connectivity index (χ4n) is 5.12. The number of piperazine rings is 1. The number of Topliss-reactive ketones (excluding diaryl/α,β-unsaturated/α-hetero) is 1. The van der Waals surface area contributed by atoms with Crippen LogP contribution in [0, 0.1) is 0 Å². The lowest BCUT2D eigenvalue weighted by Gasteiger charge is -2.37. The number of carboxylic acid groups (broad SMARTS) is 1. The number of aliphatic carboxylic acids is 1. The van der Waals surface area contributed by atoms with Crippen molar-refractivity contribution in [3.8, 4) is 0 Å². The molecule has 0 unspecified atom stereocenters. The zero-order chi connectivity index (χ0) is 22.3. The average Bonchev–Trinajstić information content (AvgIpc) is 2.84. The molecule has 4 rings (SSSR count). The Bertz CT molecular complexity index is 883. The van der Waals surface area contributed by atoms with Gasteiger partial charge in [-0.25, -0.2) is 0 Å². The predicted molar refractivity (Wildman–Crippen MR) is 126 cm³/mol. The molecule has 170 valence electrons. The number of hydrogen-bond acceptors (Lipinski definition) is 4. The maximum atomic E-state index is 12.9. The van der Waals surface area contributed by atoms with Crippen molar-refractivity contribution < 1.29 is 14.7 Å². The summed E-state index contributed by atoms with van der Waals surface area (Å²) < 4.78 is 0. The molecule has 2 aromatic rings. The highest BCUT2D eigenvalue weighted by molar-refractivity contribution is 5.98. The van der Waals surface area contributed by atoms with Crippen LogP contribution in [0.1, 0.15) is 65.9 Å². The molecule has 1 saturated carbocycles. The van der Waals surface area contributed by atoms with E-state index in [9.17, 15) is 14.7 Å². The maximum absolute atomic E-state index is 12.9. The van der Waals surface area contributed by atoms with Gasteiger partial charge in [-0.15, -0.1) is 0 Å². The molecule has 1 aliphatic carbocycles. The zero-order valence-electron chi connectivity index (χ0n) is 18.8. The van der Waals surface area contributed by atoms with E-state index in [1.807, 2.05) is 35.2 Å². The zero-order valence-corrected chi connectivity index (χ0v) is 18.8. The van der Waals surface area contributed by atoms with Gasteiger partial charge in [-0.3, -0.25) is 19.4 Å². The summed E-state index contributed by atoms with van der Waals surface area (Å²) in [4.78, 5) is 29.2. The van der Waals surface area contributed by atoms with E-state index >= 15 is 0 Å². The number of carboxylic acids is 1. The van der Waals surface area contributed by atoms with Gasteiger partial charge in [0.25, 0.3) is 0 Å². The van der Waals surface area contributed by atoms with Gasteiger partial charge in [0.2, 0.25) is 0 Å². The first-order valence-electron chi connectivity index (χ1n) is 12.0. The molecule has 0 spiro atoms. The Morgan fingerprint density at radius 3 is 2.16 bits per heavy atom. The molecule has 2 aromatic carbocycles. The molecule has 32 heavy (non-hydrogen) atoms. The molecule has 1 atom stereocenters. The van der Waals surface area contributed by atoms with Crippen molar-refractivity contribution in [1.29, 1.82) is 0 Å². The van der Waals surface area contributed by atoms with Crippen molar-refractivity contribution in [1.82, 2.24) is 9.80 Å². The first kappa shape index (κ1) is 22.7. The Kier molecular flexibility index (Phi) is 7.72. The highest BCUT2D eigenvalue weighted by atomic mass is 16.4. The number of carbonyl (C=O) groups excluding carboxylic acids is 1. The topological polar surface area (TPSA) is 60.9 Å². The van der Waals surface area contributed by atoms with E-state index < -0.39 is 12.0 Å². The molecule has 5 heteroatoms. The standard InChI is InChI=1S/C27H34N2O3/c30-26(24-13-11-23(12-14-24)22-9-5-2-6-10-22)19-25(27(31)32)29-17-15-28(16-18-29)20-21-7-3-1-4-8-21/h1,3-4,7-8,11-14,22,25H,2,5-6,9-10,15-20H2,(H,31,32)/t25-/m1/s1. The first-order chi connectivity index (χ1) is 15.6. The molecular weight excluding hydrogens is 400 g/mol. The highest BCUT2D eigenvalue weighted by Gasteiger charge is 2.31. The quantitative estimate of drug-likeness (QED) is 0.617. The molecule has 1 saturated heterocycles. The molecule has 0 radical (unpaired) electrons. The third kappa shape index (κ3) is 5.84. The first-order valence-corrected chi connectivity index (χ1v) is 12.0. The summed E-state index contributed by atoms with van der Waals surface area (Å²) in [7, 11) is 0. The van der Waals surface area contributed by atoms with Crippen LogP contribution in [0.4, 0.5) is 0 Å². The van der Waals surface area contributed by atoms with Gasteiger partial charge in [-0.05, 0) is 29.9 Å². The Labute approximate surface area is 191 Å². The monoisotopic (exact) mass is 434 g/mol. The van der Waals surface area contributed by atoms with Crippen LogP contribution in [0.5, 0.6) is 0 Å². The van der Waals surface area contributed by atoms with Gasteiger partial charge in [0.1, 0.15) is 6.04 Å². The van der Waals surface area contributed by atoms with Gasteiger partial charge in [0.15, 0.2) is 5.78 Å². The van der Waals surface area contributed by atoms with Crippen molar-refractivity contribution in [2.75, 3.05) is 26.2 Å².